The van der Waals surface area contributed by atoms with Gasteiger partial charge in [-0.15, -0.1) is 4.20 Å². The molecule has 0 radical (unpaired) electrons. The summed E-state index contributed by atoms with van der Waals surface area (Å²) in [6.45, 7) is 0.845. The number of hydrogen-bond acceptors (Lipinski definition) is 5. The molecule has 1 atom stereocenters. The standard InChI is InChI=1S/C8H9FNO5P/c1-5-8(12)7(3-11)6(2-10-5)4-15-16(9,13)14/h2-3,12H,4H2,1H3,(H,13,14). The van der Waals surface area contributed by atoms with Gasteiger partial charge in [0.05, 0.1) is 17.9 Å². The summed E-state index contributed by atoms with van der Waals surface area (Å²) in [5.41, 5.74) is 0.115. The number of rotatable bonds is 4. The molecule has 1 heterocycles. The number of aldehydes is 1. The molecule has 0 saturated carbocycles. The van der Waals surface area contributed by atoms with E-state index in [9.17, 15) is 18.7 Å². The molecule has 88 valence electrons. The zero-order valence-corrected chi connectivity index (χ0v) is 9.15. The van der Waals surface area contributed by atoms with Crippen molar-refractivity contribution in [3.05, 3.63) is 23.0 Å². The van der Waals surface area contributed by atoms with Gasteiger partial charge in [0.25, 0.3) is 0 Å². The number of carbonyl (C=O) groups is 1. The lowest BCUT2D eigenvalue weighted by molar-refractivity contribution is 0.111. The molecule has 0 spiro atoms. The molecule has 1 aromatic heterocycles. The van der Waals surface area contributed by atoms with Gasteiger partial charge in [-0.25, -0.2) is 4.57 Å². The second-order valence-corrected chi connectivity index (χ2v) is 4.13. The minimum Gasteiger partial charge on any atom is -0.505 e. The van der Waals surface area contributed by atoms with Crippen LogP contribution in [0.15, 0.2) is 6.20 Å². The summed E-state index contributed by atoms with van der Waals surface area (Å²) in [5, 5.41) is 9.43. The topological polar surface area (TPSA) is 96.7 Å². The van der Waals surface area contributed by atoms with Crippen molar-refractivity contribution in [2.75, 3.05) is 0 Å². The Labute approximate surface area is 90.4 Å². The highest BCUT2D eigenvalue weighted by molar-refractivity contribution is 7.46. The Kier molecular flexibility index (Phi) is 3.74. The highest BCUT2D eigenvalue weighted by Crippen LogP contribution is 2.44. The van der Waals surface area contributed by atoms with E-state index in [0.29, 0.717) is 6.29 Å². The molecule has 0 fully saturated rings. The molecule has 0 aliphatic carbocycles. The summed E-state index contributed by atoms with van der Waals surface area (Å²) < 4.78 is 26.4. The number of hydrogen-bond donors (Lipinski definition) is 2. The van der Waals surface area contributed by atoms with Gasteiger partial charge in [-0.3, -0.25) is 19.2 Å². The molecule has 1 unspecified atom stereocenters. The molecule has 0 aromatic carbocycles. The summed E-state index contributed by atoms with van der Waals surface area (Å²) in [6, 6.07) is 0. The van der Waals surface area contributed by atoms with E-state index in [4.69, 9.17) is 4.89 Å². The molecule has 0 aliphatic heterocycles. The molecule has 1 rings (SSSR count). The number of pyridine rings is 1. The number of nitrogens with zero attached hydrogens (tertiary/aromatic N) is 1. The van der Waals surface area contributed by atoms with Crippen molar-refractivity contribution in [1.82, 2.24) is 4.98 Å². The van der Waals surface area contributed by atoms with Gasteiger partial charge in [-0.05, 0) is 6.92 Å². The van der Waals surface area contributed by atoms with Gasteiger partial charge in [-0.2, -0.15) is 0 Å². The van der Waals surface area contributed by atoms with Crippen LogP contribution in [0, 0.1) is 6.92 Å². The molecule has 6 nitrogen and oxygen atoms in total. The molecule has 0 saturated heterocycles. The molecular formula is C8H9FNO5P. The van der Waals surface area contributed by atoms with Crippen LogP contribution in [0.25, 0.3) is 0 Å². The first-order valence-corrected chi connectivity index (χ1v) is 5.61. The van der Waals surface area contributed by atoms with Crippen LogP contribution in [-0.4, -0.2) is 21.3 Å². The summed E-state index contributed by atoms with van der Waals surface area (Å²) in [7, 11) is -5.11. The molecule has 2 N–H and O–H groups in total. The molecule has 0 aliphatic rings. The van der Waals surface area contributed by atoms with Crippen LogP contribution in [0.3, 0.4) is 0 Å². The number of halogens is 1. The van der Waals surface area contributed by atoms with Crippen LogP contribution in [0.2, 0.25) is 0 Å². The fourth-order valence-electron chi connectivity index (χ4n) is 1.05. The van der Waals surface area contributed by atoms with E-state index in [1.165, 1.54) is 6.92 Å². The maximum atomic E-state index is 12.2. The molecule has 1 aromatic rings. The third-order valence-corrected chi connectivity index (χ3v) is 2.30. The van der Waals surface area contributed by atoms with Crippen LogP contribution in [0.1, 0.15) is 21.6 Å². The van der Waals surface area contributed by atoms with Crippen LogP contribution in [0.5, 0.6) is 5.75 Å². The largest absolute Gasteiger partial charge is 0.510 e. The highest BCUT2D eigenvalue weighted by Gasteiger charge is 2.19. The van der Waals surface area contributed by atoms with E-state index in [2.05, 4.69) is 9.51 Å². The van der Waals surface area contributed by atoms with Gasteiger partial charge < -0.3 is 5.11 Å². The van der Waals surface area contributed by atoms with E-state index < -0.39 is 14.5 Å². The van der Waals surface area contributed by atoms with Crippen LogP contribution >= 0.6 is 7.91 Å². The molecule has 16 heavy (non-hydrogen) atoms. The summed E-state index contributed by atoms with van der Waals surface area (Å²) in [4.78, 5) is 22.6. The van der Waals surface area contributed by atoms with E-state index >= 15 is 0 Å². The fraction of sp³-hybridized carbons (Fsp3) is 0.250. The SMILES string of the molecule is Cc1ncc(COP(=O)(O)F)c(C=O)c1O. The number of aryl methyl sites for hydroxylation is 1. The van der Waals surface area contributed by atoms with E-state index in [0.717, 1.165) is 6.20 Å². The first-order chi connectivity index (χ1) is 7.35. The molecule has 0 amide bonds. The lowest BCUT2D eigenvalue weighted by Gasteiger charge is -2.08. The number of carbonyl (C=O) groups excluding carboxylic acids is 1. The quantitative estimate of drug-likeness (QED) is 0.619. The van der Waals surface area contributed by atoms with Gasteiger partial charge in [0.1, 0.15) is 5.75 Å². The molecule has 8 heteroatoms. The second-order valence-electron chi connectivity index (χ2n) is 2.97. The van der Waals surface area contributed by atoms with Crippen molar-refractivity contribution in [1.29, 1.82) is 0 Å². The Morgan fingerprint density at radius 2 is 2.31 bits per heavy atom. The average Bonchev–Trinajstić information content (AvgIpc) is 2.18. The monoisotopic (exact) mass is 249 g/mol. The van der Waals surface area contributed by atoms with E-state index in [1.54, 1.807) is 0 Å². The van der Waals surface area contributed by atoms with Crippen LogP contribution < -0.4 is 0 Å². The lowest BCUT2D eigenvalue weighted by Crippen LogP contribution is -1.99. The minimum atomic E-state index is -5.11. The van der Waals surface area contributed by atoms with Crippen LogP contribution in [-0.2, 0) is 15.7 Å². The summed E-state index contributed by atoms with van der Waals surface area (Å²) in [6.07, 6.45) is 1.50. The Morgan fingerprint density at radius 3 is 2.81 bits per heavy atom. The van der Waals surface area contributed by atoms with Gasteiger partial charge >= 0.3 is 7.91 Å². The normalized spacial score (nSPS) is 14.4. The van der Waals surface area contributed by atoms with Gasteiger partial charge in [0.15, 0.2) is 6.29 Å². The lowest BCUT2D eigenvalue weighted by atomic mass is 10.1. The number of aromatic nitrogens is 1. The van der Waals surface area contributed by atoms with Crippen molar-refractivity contribution in [3.63, 3.8) is 0 Å². The zero-order valence-electron chi connectivity index (χ0n) is 8.25. The third kappa shape index (κ3) is 3.10. The highest BCUT2D eigenvalue weighted by atomic mass is 31.2. The first kappa shape index (κ1) is 12.8. The maximum absolute atomic E-state index is 12.2. The third-order valence-electron chi connectivity index (χ3n) is 1.85. The Bertz CT molecular complexity index is 458. The molecule has 0 bridgehead atoms. The predicted octanol–water partition coefficient (Wildman–Crippen LogP) is 1.49. The smallest absolute Gasteiger partial charge is 0.505 e. The first-order valence-electron chi connectivity index (χ1n) is 4.14. The predicted molar refractivity (Wildman–Crippen MR) is 51.7 cm³/mol. The average molecular weight is 249 g/mol. The van der Waals surface area contributed by atoms with E-state index in [1.807, 2.05) is 0 Å². The van der Waals surface area contributed by atoms with E-state index in [-0.39, 0.29) is 22.6 Å². The van der Waals surface area contributed by atoms with Gasteiger partial charge in [-0.1, -0.05) is 0 Å². The molecular weight excluding hydrogens is 240 g/mol. The van der Waals surface area contributed by atoms with Gasteiger partial charge in [0.2, 0.25) is 0 Å². The Hall–Kier alpha value is -1.30. The van der Waals surface area contributed by atoms with Crippen molar-refractivity contribution in [3.8, 4) is 5.75 Å². The van der Waals surface area contributed by atoms with Crippen molar-refractivity contribution < 1.29 is 28.1 Å². The fourth-order valence-corrected chi connectivity index (χ4v) is 1.35. The zero-order chi connectivity index (χ0) is 12.3. The Balaban J connectivity index is 3.01. The van der Waals surface area contributed by atoms with Crippen molar-refractivity contribution >= 4 is 14.2 Å². The van der Waals surface area contributed by atoms with Gasteiger partial charge in [0, 0.05) is 11.8 Å². The second kappa shape index (κ2) is 4.69. The van der Waals surface area contributed by atoms with Crippen molar-refractivity contribution in [2.45, 2.75) is 13.5 Å². The summed E-state index contributed by atoms with van der Waals surface area (Å²) >= 11 is 0. The maximum Gasteiger partial charge on any atom is 0.510 e. The Morgan fingerprint density at radius 1 is 1.69 bits per heavy atom. The van der Waals surface area contributed by atoms with Crippen molar-refractivity contribution in [2.24, 2.45) is 0 Å². The summed E-state index contributed by atoms with van der Waals surface area (Å²) in [5.74, 6) is -0.359. The minimum absolute atomic E-state index is 0.0324. The van der Waals surface area contributed by atoms with Crippen LogP contribution in [0.4, 0.5) is 4.20 Å². The number of aromatic hydroxyl groups is 1.